The van der Waals surface area contributed by atoms with Crippen LogP contribution in [0.5, 0.6) is 0 Å². The van der Waals surface area contributed by atoms with Crippen LogP contribution in [0.2, 0.25) is 0 Å². The standard InChI is InChI=1S/C14H18BrNO2/c15-13-3-1-2-12(8-13)10-18-14(17)5-4-11-6-7-16-9-11/h1-3,8,11,16H,4-7,9-10H2. The van der Waals surface area contributed by atoms with E-state index in [0.717, 1.165) is 29.5 Å². The molecule has 1 fully saturated rings. The number of ether oxygens (including phenoxy) is 1. The van der Waals surface area contributed by atoms with Gasteiger partial charge in [0.15, 0.2) is 0 Å². The SMILES string of the molecule is O=C(CCC1CCNC1)OCc1cccc(Br)c1. The van der Waals surface area contributed by atoms with Gasteiger partial charge in [-0.3, -0.25) is 4.79 Å². The Labute approximate surface area is 116 Å². The molecule has 1 aromatic rings. The fourth-order valence-corrected chi connectivity index (χ4v) is 2.59. The molecule has 3 nitrogen and oxygen atoms in total. The summed E-state index contributed by atoms with van der Waals surface area (Å²) in [5, 5.41) is 3.30. The molecule has 18 heavy (non-hydrogen) atoms. The van der Waals surface area contributed by atoms with Gasteiger partial charge in [0.05, 0.1) is 0 Å². The Bertz CT molecular complexity index is 403. The molecule has 0 aliphatic carbocycles. The van der Waals surface area contributed by atoms with Crippen molar-refractivity contribution in [1.82, 2.24) is 5.32 Å². The van der Waals surface area contributed by atoms with Crippen LogP contribution in [-0.2, 0) is 16.1 Å². The van der Waals surface area contributed by atoms with Gasteiger partial charge in [0.2, 0.25) is 0 Å². The van der Waals surface area contributed by atoms with Gasteiger partial charge in [-0.05, 0) is 49.5 Å². The quantitative estimate of drug-likeness (QED) is 0.850. The maximum absolute atomic E-state index is 11.6. The lowest BCUT2D eigenvalue weighted by Gasteiger charge is -2.08. The molecule has 1 aromatic carbocycles. The fraction of sp³-hybridized carbons (Fsp3) is 0.500. The van der Waals surface area contributed by atoms with E-state index in [0.29, 0.717) is 18.9 Å². The minimum Gasteiger partial charge on any atom is -0.461 e. The molecule has 98 valence electrons. The van der Waals surface area contributed by atoms with E-state index in [9.17, 15) is 4.79 Å². The van der Waals surface area contributed by atoms with Gasteiger partial charge < -0.3 is 10.1 Å². The first kappa shape index (κ1) is 13.6. The van der Waals surface area contributed by atoms with Crippen LogP contribution in [0.25, 0.3) is 0 Å². The van der Waals surface area contributed by atoms with Crippen molar-refractivity contribution >= 4 is 21.9 Å². The lowest BCUT2D eigenvalue weighted by Crippen LogP contribution is -2.11. The van der Waals surface area contributed by atoms with E-state index in [1.807, 2.05) is 24.3 Å². The van der Waals surface area contributed by atoms with Crippen LogP contribution in [0.1, 0.15) is 24.8 Å². The van der Waals surface area contributed by atoms with Crippen molar-refractivity contribution in [3.8, 4) is 0 Å². The number of benzene rings is 1. The number of carbonyl (C=O) groups excluding carboxylic acids is 1. The molecular formula is C14H18BrNO2. The van der Waals surface area contributed by atoms with Crippen LogP contribution in [-0.4, -0.2) is 19.1 Å². The van der Waals surface area contributed by atoms with Gasteiger partial charge in [-0.2, -0.15) is 0 Å². The number of hydrogen-bond donors (Lipinski definition) is 1. The number of nitrogens with one attached hydrogen (secondary N) is 1. The Morgan fingerprint density at radius 3 is 3.11 bits per heavy atom. The predicted octanol–water partition coefficient (Wildman–Crippen LogP) is 2.88. The van der Waals surface area contributed by atoms with Crippen LogP contribution in [0.3, 0.4) is 0 Å². The topological polar surface area (TPSA) is 38.3 Å². The summed E-state index contributed by atoms with van der Waals surface area (Å²) in [6, 6.07) is 7.82. The molecule has 4 heteroatoms. The average Bonchev–Trinajstić information content (AvgIpc) is 2.87. The smallest absolute Gasteiger partial charge is 0.306 e. The Balaban J connectivity index is 1.68. The highest BCUT2D eigenvalue weighted by Gasteiger charge is 2.16. The molecule has 1 aliphatic heterocycles. The van der Waals surface area contributed by atoms with Crippen molar-refractivity contribution in [2.45, 2.75) is 25.9 Å². The lowest BCUT2D eigenvalue weighted by molar-refractivity contribution is -0.145. The maximum atomic E-state index is 11.6. The summed E-state index contributed by atoms with van der Waals surface area (Å²) in [6.07, 6.45) is 2.64. The van der Waals surface area contributed by atoms with Crippen molar-refractivity contribution in [1.29, 1.82) is 0 Å². The molecule has 2 rings (SSSR count). The van der Waals surface area contributed by atoms with Crippen molar-refractivity contribution in [2.75, 3.05) is 13.1 Å². The zero-order valence-electron chi connectivity index (χ0n) is 10.3. The molecule has 0 radical (unpaired) electrons. The second-order valence-corrected chi connectivity index (χ2v) is 5.60. The minimum absolute atomic E-state index is 0.0955. The third-order valence-corrected chi connectivity index (χ3v) is 3.70. The summed E-state index contributed by atoms with van der Waals surface area (Å²) >= 11 is 3.40. The molecule has 1 N–H and O–H groups in total. The molecule has 1 heterocycles. The van der Waals surface area contributed by atoms with Crippen LogP contribution in [0.15, 0.2) is 28.7 Å². The van der Waals surface area contributed by atoms with Crippen molar-refractivity contribution in [3.63, 3.8) is 0 Å². The van der Waals surface area contributed by atoms with Crippen LogP contribution in [0, 0.1) is 5.92 Å². The second kappa shape index (κ2) is 6.90. The monoisotopic (exact) mass is 311 g/mol. The van der Waals surface area contributed by atoms with Gasteiger partial charge in [-0.25, -0.2) is 0 Å². The molecule has 1 saturated heterocycles. The van der Waals surface area contributed by atoms with E-state index in [2.05, 4.69) is 21.2 Å². The molecule has 0 spiro atoms. The van der Waals surface area contributed by atoms with E-state index in [4.69, 9.17) is 4.74 Å². The fourth-order valence-electron chi connectivity index (χ4n) is 2.15. The Hall–Kier alpha value is -0.870. The summed E-state index contributed by atoms with van der Waals surface area (Å²) in [5.74, 6) is 0.547. The lowest BCUT2D eigenvalue weighted by atomic mass is 10.0. The molecule has 1 atom stereocenters. The van der Waals surface area contributed by atoms with Crippen LogP contribution >= 0.6 is 15.9 Å². The highest BCUT2D eigenvalue weighted by atomic mass is 79.9. The zero-order chi connectivity index (χ0) is 12.8. The first-order valence-corrected chi connectivity index (χ1v) is 7.14. The van der Waals surface area contributed by atoms with Gasteiger partial charge in [-0.15, -0.1) is 0 Å². The van der Waals surface area contributed by atoms with Gasteiger partial charge >= 0.3 is 5.97 Å². The number of rotatable bonds is 5. The van der Waals surface area contributed by atoms with Crippen molar-refractivity contribution < 1.29 is 9.53 Å². The summed E-state index contributed by atoms with van der Waals surface area (Å²) in [5.41, 5.74) is 1.01. The zero-order valence-corrected chi connectivity index (χ0v) is 11.9. The minimum atomic E-state index is -0.0955. The first-order valence-electron chi connectivity index (χ1n) is 6.35. The number of hydrogen-bond acceptors (Lipinski definition) is 3. The first-order chi connectivity index (χ1) is 8.74. The summed E-state index contributed by atoms with van der Waals surface area (Å²) in [4.78, 5) is 11.6. The van der Waals surface area contributed by atoms with Crippen molar-refractivity contribution in [2.24, 2.45) is 5.92 Å². The van der Waals surface area contributed by atoms with Gasteiger partial charge in [0.1, 0.15) is 6.61 Å². The Morgan fingerprint density at radius 1 is 1.50 bits per heavy atom. The maximum Gasteiger partial charge on any atom is 0.306 e. The van der Waals surface area contributed by atoms with Crippen molar-refractivity contribution in [3.05, 3.63) is 34.3 Å². The van der Waals surface area contributed by atoms with Gasteiger partial charge in [0.25, 0.3) is 0 Å². The highest BCUT2D eigenvalue weighted by molar-refractivity contribution is 9.10. The Morgan fingerprint density at radius 2 is 2.39 bits per heavy atom. The highest BCUT2D eigenvalue weighted by Crippen LogP contribution is 2.16. The Kier molecular flexibility index (Phi) is 5.20. The third-order valence-electron chi connectivity index (χ3n) is 3.21. The van der Waals surface area contributed by atoms with Gasteiger partial charge in [-0.1, -0.05) is 28.1 Å². The molecule has 1 aliphatic rings. The normalized spacial score (nSPS) is 18.8. The van der Waals surface area contributed by atoms with E-state index in [1.165, 1.54) is 6.42 Å². The van der Waals surface area contributed by atoms with Crippen LogP contribution < -0.4 is 5.32 Å². The second-order valence-electron chi connectivity index (χ2n) is 4.69. The number of halogens is 1. The molecule has 0 saturated carbocycles. The summed E-state index contributed by atoms with van der Waals surface area (Å²) < 4.78 is 6.27. The number of carbonyl (C=O) groups is 1. The van der Waals surface area contributed by atoms with E-state index in [-0.39, 0.29) is 5.97 Å². The third kappa shape index (κ3) is 4.42. The predicted molar refractivity (Wildman–Crippen MR) is 74.1 cm³/mol. The summed E-state index contributed by atoms with van der Waals surface area (Å²) in [7, 11) is 0. The van der Waals surface area contributed by atoms with Gasteiger partial charge in [0, 0.05) is 10.9 Å². The van der Waals surface area contributed by atoms with E-state index >= 15 is 0 Å². The molecule has 1 unspecified atom stereocenters. The summed E-state index contributed by atoms with van der Waals surface area (Å²) in [6.45, 7) is 2.48. The number of esters is 1. The average molecular weight is 312 g/mol. The van der Waals surface area contributed by atoms with E-state index < -0.39 is 0 Å². The van der Waals surface area contributed by atoms with Crippen LogP contribution in [0.4, 0.5) is 0 Å². The molecular weight excluding hydrogens is 294 g/mol. The molecule has 0 aromatic heterocycles. The largest absolute Gasteiger partial charge is 0.461 e. The molecule has 0 bridgehead atoms. The molecule has 0 amide bonds. The van der Waals surface area contributed by atoms with E-state index in [1.54, 1.807) is 0 Å².